The molecule has 3 rings (SSSR count). The highest BCUT2D eigenvalue weighted by Crippen LogP contribution is 2.15. The first-order valence-corrected chi connectivity index (χ1v) is 10.5. The Morgan fingerprint density at radius 1 is 1.07 bits per heavy atom. The number of anilines is 1. The lowest BCUT2D eigenvalue weighted by Gasteiger charge is -2.30. The van der Waals surface area contributed by atoms with E-state index in [-0.39, 0.29) is 12.5 Å². The van der Waals surface area contributed by atoms with Crippen LogP contribution in [0.5, 0.6) is 5.75 Å². The van der Waals surface area contributed by atoms with Crippen LogP contribution in [0.1, 0.15) is 12.5 Å². The zero-order chi connectivity index (χ0) is 20.6. The van der Waals surface area contributed by atoms with Crippen molar-refractivity contribution >= 4 is 23.2 Å². The molecule has 1 atom stereocenters. The molecule has 1 saturated heterocycles. The summed E-state index contributed by atoms with van der Waals surface area (Å²) in [4.78, 5) is 14.0. The lowest BCUT2D eigenvalue weighted by Crippen LogP contribution is -3.28. The van der Waals surface area contributed by atoms with Crippen LogP contribution in [-0.2, 0) is 11.3 Å². The second kappa shape index (κ2) is 10.6. The van der Waals surface area contributed by atoms with Gasteiger partial charge in [0.2, 0.25) is 5.91 Å². The highest BCUT2D eigenvalue weighted by atomic mass is 35.5. The third-order valence-corrected chi connectivity index (χ3v) is 5.42. The van der Waals surface area contributed by atoms with Gasteiger partial charge in [-0.2, -0.15) is 0 Å². The van der Waals surface area contributed by atoms with Crippen LogP contribution in [0.15, 0.2) is 48.5 Å². The van der Waals surface area contributed by atoms with E-state index in [4.69, 9.17) is 16.3 Å². The van der Waals surface area contributed by atoms with Crippen LogP contribution in [-0.4, -0.2) is 56.4 Å². The number of hydrogen-bond donors (Lipinski definition) is 4. The molecule has 1 aliphatic heterocycles. The maximum absolute atomic E-state index is 11.0. The molecular formula is C22H30ClN3O3+2. The Morgan fingerprint density at radius 2 is 1.69 bits per heavy atom. The number of aliphatic hydroxyl groups excluding tert-OH is 1. The molecule has 1 amide bonds. The number of carbonyl (C=O) groups excluding carboxylic acids is 1. The van der Waals surface area contributed by atoms with Gasteiger partial charge in [-0.1, -0.05) is 23.7 Å². The number of halogens is 1. The molecule has 4 N–H and O–H groups in total. The normalized spacial score (nSPS) is 20.1. The van der Waals surface area contributed by atoms with E-state index < -0.39 is 6.10 Å². The summed E-state index contributed by atoms with van der Waals surface area (Å²) < 4.78 is 5.69. The van der Waals surface area contributed by atoms with Gasteiger partial charge in [-0.05, 0) is 36.4 Å². The van der Waals surface area contributed by atoms with Crippen LogP contribution < -0.4 is 19.9 Å². The van der Waals surface area contributed by atoms with E-state index in [0.717, 1.165) is 43.4 Å². The quantitative estimate of drug-likeness (QED) is 0.488. The fourth-order valence-electron chi connectivity index (χ4n) is 3.65. The predicted molar refractivity (Wildman–Crippen MR) is 114 cm³/mol. The smallest absolute Gasteiger partial charge is 0.221 e. The molecule has 156 valence electrons. The molecule has 2 aromatic carbocycles. The molecule has 1 aliphatic rings. The number of benzene rings is 2. The third-order valence-electron chi connectivity index (χ3n) is 5.17. The van der Waals surface area contributed by atoms with Crippen LogP contribution in [0.3, 0.4) is 0 Å². The zero-order valence-electron chi connectivity index (χ0n) is 16.8. The summed E-state index contributed by atoms with van der Waals surface area (Å²) in [6.45, 7) is 7.73. The van der Waals surface area contributed by atoms with Crippen LogP contribution in [0.4, 0.5) is 5.69 Å². The van der Waals surface area contributed by atoms with Gasteiger partial charge in [0.15, 0.2) is 0 Å². The first-order chi connectivity index (χ1) is 14.0. The maximum Gasteiger partial charge on any atom is 0.221 e. The number of hydrogen-bond acceptors (Lipinski definition) is 3. The minimum absolute atomic E-state index is 0.104. The predicted octanol–water partition coefficient (Wildman–Crippen LogP) is 0.0217. The van der Waals surface area contributed by atoms with Crippen molar-refractivity contribution in [3.63, 3.8) is 0 Å². The van der Waals surface area contributed by atoms with Gasteiger partial charge in [-0.3, -0.25) is 4.79 Å². The second-order valence-electron chi connectivity index (χ2n) is 7.68. The Bertz CT molecular complexity index is 775. The van der Waals surface area contributed by atoms with E-state index in [1.165, 1.54) is 17.4 Å². The first-order valence-electron chi connectivity index (χ1n) is 10.1. The Morgan fingerprint density at radius 3 is 2.31 bits per heavy atom. The van der Waals surface area contributed by atoms with E-state index in [0.29, 0.717) is 12.3 Å². The summed E-state index contributed by atoms with van der Waals surface area (Å²) in [6.07, 6.45) is -0.502. The van der Waals surface area contributed by atoms with Crippen molar-refractivity contribution in [2.75, 3.05) is 44.6 Å². The molecule has 0 spiro atoms. The Labute approximate surface area is 177 Å². The lowest BCUT2D eigenvalue weighted by atomic mass is 10.2. The molecule has 1 fully saturated rings. The zero-order valence-corrected chi connectivity index (χ0v) is 17.5. The molecule has 2 aromatic rings. The Balaban J connectivity index is 1.35. The van der Waals surface area contributed by atoms with Gasteiger partial charge in [0.05, 0.1) is 0 Å². The van der Waals surface area contributed by atoms with Crippen molar-refractivity contribution in [3.05, 3.63) is 59.1 Å². The van der Waals surface area contributed by atoms with Crippen LogP contribution in [0, 0.1) is 0 Å². The van der Waals surface area contributed by atoms with E-state index in [9.17, 15) is 9.90 Å². The topological polar surface area (TPSA) is 67.4 Å². The second-order valence-corrected chi connectivity index (χ2v) is 8.11. The summed E-state index contributed by atoms with van der Waals surface area (Å²) in [5, 5.41) is 13.8. The highest BCUT2D eigenvalue weighted by Gasteiger charge is 2.25. The van der Waals surface area contributed by atoms with E-state index in [1.54, 1.807) is 29.2 Å². The molecule has 0 saturated carbocycles. The fourth-order valence-corrected chi connectivity index (χ4v) is 3.78. The summed E-state index contributed by atoms with van der Waals surface area (Å²) in [6, 6.07) is 15.3. The van der Waals surface area contributed by atoms with Crippen molar-refractivity contribution in [2.45, 2.75) is 19.6 Å². The van der Waals surface area contributed by atoms with E-state index >= 15 is 0 Å². The van der Waals surface area contributed by atoms with Crippen molar-refractivity contribution in [3.8, 4) is 5.75 Å². The van der Waals surface area contributed by atoms with Gasteiger partial charge >= 0.3 is 0 Å². The summed E-state index contributed by atoms with van der Waals surface area (Å²) in [7, 11) is 0. The highest BCUT2D eigenvalue weighted by molar-refractivity contribution is 6.30. The molecule has 0 aromatic heterocycles. The minimum atomic E-state index is -0.502. The van der Waals surface area contributed by atoms with Crippen molar-refractivity contribution in [1.82, 2.24) is 0 Å². The first kappa shape index (κ1) is 21.6. The molecule has 1 heterocycles. The average Bonchev–Trinajstić information content (AvgIpc) is 2.70. The monoisotopic (exact) mass is 419 g/mol. The van der Waals surface area contributed by atoms with Gasteiger partial charge < -0.3 is 25.0 Å². The molecular weight excluding hydrogens is 390 g/mol. The average molecular weight is 420 g/mol. The number of rotatable bonds is 8. The number of nitrogens with one attached hydrogen (secondary N) is 3. The summed E-state index contributed by atoms with van der Waals surface area (Å²) >= 11 is 5.95. The van der Waals surface area contributed by atoms with Gasteiger partial charge in [0.25, 0.3) is 0 Å². The summed E-state index contributed by atoms with van der Waals surface area (Å²) in [5.74, 6) is 0.581. The fraction of sp³-hybridized carbons (Fsp3) is 0.409. The molecule has 0 radical (unpaired) electrons. The number of amides is 1. The maximum atomic E-state index is 11.0. The SMILES string of the molecule is CC(=O)Nc1ccc(OC[C@@H](O)C[NH+]2CC[NH+](Cc3ccc(Cl)cc3)CC2)cc1. The largest absolute Gasteiger partial charge is 0.491 e. The van der Waals surface area contributed by atoms with Crippen LogP contribution >= 0.6 is 11.6 Å². The molecule has 0 bridgehead atoms. The standard InChI is InChI=1S/C22H28ClN3O3/c1-17(27)24-20-6-8-22(9-7-20)29-16-21(28)15-26-12-10-25(11-13-26)14-18-2-4-19(23)5-3-18/h2-9,21,28H,10-16H2,1H3,(H,24,27)/p+2/t21-/m0/s1. The minimum Gasteiger partial charge on any atom is -0.491 e. The number of aliphatic hydroxyl groups is 1. The molecule has 29 heavy (non-hydrogen) atoms. The summed E-state index contributed by atoms with van der Waals surface area (Å²) in [5.41, 5.74) is 2.04. The number of piperazine rings is 1. The molecule has 6 nitrogen and oxygen atoms in total. The van der Waals surface area contributed by atoms with E-state index in [1.807, 2.05) is 12.1 Å². The van der Waals surface area contributed by atoms with Crippen molar-refractivity contribution < 1.29 is 24.4 Å². The van der Waals surface area contributed by atoms with Crippen molar-refractivity contribution in [1.29, 1.82) is 0 Å². The molecule has 0 unspecified atom stereocenters. The Kier molecular flexibility index (Phi) is 7.89. The van der Waals surface area contributed by atoms with Crippen LogP contribution in [0.2, 0.25) is 5.02 Å². The van der Waals surface area contributed by atoms with E-state index in [2.05, 4.69) is 17.4 Å². The third kappa shape index (κ3) is 7.33. The van der Waals surface area contributed by atoms with Gasteiger partial charge in [-0.15, -0.1) is 0 Å². The lowest BCUT2D eigenvalue weighted by molar-refractivity contribution is -1.02. The van der Waals surface area contributed by atoms with Crippen LogP contribution in [0.25, 0.3) is 0 Å². The van der Waals surface area contributed by atoms with Gasteiger partial charge in [-0.25, -0.2) is 0 Å². The van der Waals surface area contributed by atoms with Crippen molar-refractivity contribution in [2.24, 2.45) is 0 Å². The number of carbonyl (C=O) groups is 1. The number of ether oxygens (including phenoxy) is 1. The molecule has 0 aliphatic carbocycles. The van der Waals surface area contributed by atoms with Gasteiger partial charge in [0, 0.05) is 23.2 Å². The van der Waals surface area contributed by atoms with Gasteiger partial charge in [0.1, 0.15) is 57.7 Å². The Hall–Kier alpha value is -2.12. The molecule has 7 heteroatoms. The number of quaternary nitrogens is 2.